The molecule has 1 aromatic rings. The Morgan fingerprint density at radius 2 is 2.10 bits per heavy atom. The number of hydrogen-bond donors (Lipinski definition) is 1. The maximum Gasteiger partial charge on any atom is 0.224 e. The molecule has 1 amide bonds. The van der Waals surface area contributed by atoms with Crippen molar-refractivity contribution in [3.8, 4) is 0 Å². The lowest BCUT2D eigenvalue weighted by atomic mass is 10.0. The van der Waals surface area contributed by atoms with Gasteiger partial charge in [0.05, 0.1) is 6.04 Å². The van der Waals surface area contributed by atoms with Crippen molar-refractivity contribution in [2.75, 3.05) is 12.3 Å². The number of rotatable bonds is 4. The zero-order valence-corrected chi connectivity index (χ0v) is 13.4. The van der Waals surface area contributed by atoms with E-state index in [1.54, 1.807) is 0 Å². The summed E-state index contributed by atoms with van der Waals surface area (Å²) in [7, 11) is 0. The molecule has 0 unspecified atom stereocenters. The third-order valence-electron chi connectivity index (χ3n) is 4.59. The maximum absolute atomic E-state index is 12.7. The highest BCUT2D eigenvalue weighted by molar-refractivity contribution is 8.00. The van der Waals surface area contributed by atoms with Gasteiger partial charge in [-0.05, 0) is 24.3 Å². The van der Waals surface area contributed by atoms with Crippen molar-refractivity contribution in [3.63, 3.8) is 0 Å². The van der Waals surface area contributed by atoms with Crippen molar-refractivity contribution in [2.45, 2.75) is 43.5 Å². The van der Waals surface area contributed by atoms with E-state index in [9.17, 15) is 4.79 Å². The van der Waals surface area contributed by atoms with Crippen LogP contribution < -0.4 is 5.73 Å². The molecule has 4 heteroatoms. The summed E-state index contributed by atoms with van der Waals surface area (Å²) < 4.78 is 0. The lowest BCUT2D eigenvalue weighted by Crippen LogP contribution is -2.45. The van der Waals surface area contributed by atoms with Gasteiger partial charge in [0.25, 0.3) is 0 Å². The number of benzene rings is 1. The van der Waals surface area contributed by atoms with Gasteiger partial charge in [-0.15, -0.1) is 0 Å². The molecule has 1 aromatic carbocycles. The molecular formula is C17H24N2OS. The van der Waals surface area contributed by atoms with E-state index in [-0.39, 0.29) is 18.0 Å². The average Bonchev–Trinajstić information content (AvgIpc) is 3.32. The van der Waals surface area contributed by atoms with E-state index in [1.807, 2.05) is 17.8 Å². The Bertz CT molecular complexity index is 489. The van der Waals surface area contributed by atoms with Crippen LogP contribution in [0.5, 0.6) is 0 Å². The minimum Gasteiger partial charge on any atom is -0.334 e. The standard InChI is InChI=1S/C17H24N2OS/c1-12-17(14-5-3-2-4-6-14)19(9-10-21-12)16(20)11-15(18)13-7-8-13/h2-6,12-13,15,17H,7-11,18H2,1H3/t12-,15+,17-/m0/s1. The molecular weight excluding hydrogens is 280 g/mol. The van der Waals surface area contributed by atoms with Gasteiger partial charge in [-0.1, -0.05) is 37.3 Å². The lowest BCUT2D eigenvalue weighted by Gasteiger charge is -2.40. The third kappa shape index (κ3) is 3.43. The molecule has 3 atom stereocenters. The van der Waals surface area contributed by atoms with Crippen LogP contribution in [0, 0.1) is 5.92 Å². The highest BCUT2D eigenvalue weighted by Crippen LogP contribution is 2.37. The van der Waals surface area contributed by atoms with Gasteiger partial charge < -0.3 is 10.6 Å². The molecule has 0 radical (unpaired) electrons. The molecule has 0 bridgehead atoms. The summed E-state index contributed by atoms with van der Waals surface area (Å²) in [5, 5.41) is 0.433. The van der Waals surface area contributed by atoms with Crippen LogP contribution in [0.15, 0.2) is 30.3 Å². The summed E-state index contributed by atoms with van der Waals surface area (Å²) in [6, 6.07) is 10.6. The second-order valence-corrected chi connectivity index (χ2v) is 7.71. The summed E-state index contributed by atoms with van der Waals surface area (Å²) >= 11 is 1.95. The van der Waals surface area contributed by atoms with Crippen molar-refractivity contribution in [3.05, 3.63) is 35.9 Å². The SMILES string of the molecule is C[C@@H]1SCCN(C(=O)C[C@@H](N)C2CC2)[C@@H]1c1ccccc1. The summed E-state index contributed by atoms with van der Waals surface area (Å²) in [5.74, 6) is 1.84. The highest BCUT2D eigenvalue weighted by Gasteiger charge is 2.36. The number of nitrogens with zero attached hydrogens (tertiary/aromatic N) is 1. The average molecular weight is 304 g/mol. The van der Waals surface area contributed by atoms with Gasteiger partial charge in [-0.2, -0.15) is 11.8 Å². The van der Waals surface area contributed by atoms with Gasteiger partial charge in [0.15, 0.2) is 0 Å². The van der Waals surface area contributed by atoms with Crippen LogP contribution in [0.3, 0.4) is 0 Å². The fourth-order valence-electron chi connectivity index (χ4n) is 3.21. The normalized spacial score (nSPS) is 27.4. The Morgan fingerprint density at radius 3 is 2.76 bits per heavy atom. The quantitative estimate of drug-likeness (QED) is 0.930. The second-order valence-electron chi connectivity index (χ2n) is 6.22. The number of amides is 1. The highest BCUT2D eigenvalue weighted by atomic mass is 32.2. The van der Waals surface area contributed by atoms with E-state index in [0.29, 0.717) is 17.6 Å². The van der Waals surface area contributed by atoms with E-state index in [4.69, 9.17) is 5.73 Å². The predicted molar refractivity (Wildman–Crippen MR) is 88.1 cm³/mol. The van der Waals surface area contributed by atoms with E-state index in [1.165, 1.54) is 18.4 Å². The van der Waals surface area contributed by atoms with Crippen LogP contribution in [0.25, 0.3) is 0 Å². The molecule has 0 spiro atoms. The molecule has 1 saturated carbocycles. The molecule has 1 saturated heterocycles. The van der Waals surface area contributed by atoms with Crippen LogP contribution in [-0.2, 0) is 4.79 Å². The zero-order chi connectivity index (χ0) is 14.8. The monoisotopic (exact) mass is 304 g/mol. The van der Waals surface area contributed by atoms with E-state index in [2.05, 4.69) is 36.1 Å². The molecule has 21 heavy (non-hydrogen) atoms. The predicted octanol–water partition coefficient (Wildman–Crippen LogP) is 2.82. The topological polar surface area (TPSA) is 46.3 Å². The summed E-state index contributed by atoms with van der Waals surface area (Å²) in [5.41, 5.74) is 7.39. The first-order chi connectivity index (χ1) is 10.2. The second kappa shape index (κ2) is 6.41. The van der Waals surface area contributed by atoms with Crippen LogP contribution in [-0.4, -0.2) is 34.4 Å². The Labute approximate surface area is 131 Å². The lowest BCUT2D eigenvalue weighted by molar-refractivity contribution is -0.134. The minimum absolute atomic E-state index is 0.0545. The van der Waals surface area contributed by atoms with Crippen LogP contribution in [0.4, 0.5) is 0 Å². The molecule has 2 aliphatic rings. The largest absolute Gasteiger partial charge is 0.334 e. The minimum atomic E-state index is 0.0545. The third-order valence-corrected chi connectivity index (χ3v) is 5.79. The fraction of sp³-hybridized carbons (Fsp3) is 0.588. The molecule has 2 N–H and O–H groups in total. The van der Waals surface area contributed by atoms with Crippen molar-refractivity contribution >= 4 is 17.7 Å². The maximum atomic E-state index is 12.7. The molecule has 114 valence electrons. The first-order valence-corrected chi connectivity index (χ1v) is 8.93. The molecule has 3 nitrogen and oxygen atoms in total. The van der Waals surface area contributed by atoms with E-state index < -0.39 is 0 Å². The van der Waals surface area contributed by atoms with Crippen molar-refractivity contribution in [2.24, 2.45) is 11.7 Å². The number of hydrogen-bond acceptors (Lipinski definition) is 3. The van der Waals surface area contributed by atoms with Crippen molar-refractivity contribution < 1.29 is 4.79 Å². The smallest absolute Gasteiger partial charge is 0.224 e. The van der Waals surface area contributed by atoms with Gasteiger partial charge in [-0.25, -0.2) is 0 Å². The Kier molecular flexibility index (Phi) is 4.55. The number of carbonyl (C=O) groups is 1. The summed E-state index contributed by atoms with van der Waals surface area (Å²) in [6.07, 6.45) is 2.90. The van der Waals surface area contributed by atoms with Crippen molar-refractivity contribution in [1.29, 1.82) is 0 Å². The van der Waals surface area contributed by atoms with Crippen molar-refractivity contribution in [1.82, 2.24) is 4.90 Å². The summed E-state index contributed by atoms with van der Waals surface area (Å²) in [4.78, 5) is 14.8. The molecule has 1 aliphatic heterocycles. The van der Waals surface area contributed by atoms with Gasteiger partial charge in [0, 0.05) is 30.0 Å². The van der Waals surface area contributed by atoms with Crippen LogP contribution >= 0.6 is 11.8 Å². The Balaban J connectivity index is 1.75. The number of nitrogens with two attached hydrogens (primary N) is 1. The van der Waals surface area contributed by atoms with Gasteiger partial charge >= 0.3 is 0 Å². The summed E-state index contributed by atoms with van der Waals surface area (Å²) in [6.45, 7) is 3.06. The van der Waals surface area contributed by atoms with Gasteiger partial charge in [0.1, 0.15) is 0 Å². The first-order valence-electron chi connectivity index (χ1n) is 7.88. The fourth-order valence-corrected chi connectivity index (χ4v) is 4.37. The van der Waals surface area contributed by atoms with Gasteiger partial charge in [-0.3, -0.25) is 4.79 Å². The molecule has 2 fully saturated rings. The first kappa shape index (κ1) is 14.9. The molecule has 0 aromatic heterocycles. The van der Waals surface area contributed by atoms with E-state index >= 15 is 0 Å². The number of carbonyl (C=O) groups excluding carboxylic acids is 1. The Morgan fingerprint density at radius 1 is 1.38 bits per heavy atom. The molecule has 1 heterocycles. The molecule has 1 aliphatic carbocycles. The van der Waals surface area contributed by atoms with Crippen LogP contribution in [0.1, 0.15) is 37.8 Å². The van der Waals surface area contributed by atoms with Gasteiger partial charge in [0.2, 0.25) is 5.91 Å². The van der Waals surface area contributed by atoms with E-state index in [0.717, 1.165) is 12.3 Å². The number of thioether (sulfide) groups is 1. The van der Waals surface area contributed by atoms with Crippen LogP contribution in [0.2, 0.25) is 0 Å². The zero-order valence-electron chi connectivity index (χ0n) is 12.6. The molecule has 3 rings (SSSR count). The Hall–Kier alpha value is -1.00.